The van der Waals surface area contributed by atoms with Gasteiger partial charge in [0.15, 0.2) is 11.6 Å². The van der Waals surface area contributed by atoms with Gasteiger partial charge in [-0.3, -0.25) is 9.59 Å². The van der Waals surface area contributed by atoms with E-state index in [1.165, 1.54) is 12.5 Å². The van der Waals surface area contributed by atoms with Gasteiger partial charge < -0.3 is 9.47 Å². The van der Waals surface area contributed by atoms with Gasteiger partial charge in [0.05, 0.1) is 0 Å². The number of Topliss-reactive ketones (excluding diaryl/α,β-unsaturated/α-hetero) is 1. The van der Waals surface area contributed by atoms with E-state index in [1.54, 1.807) is 72.8 Å². The smallest absolute Gasteiger partial charge is 0.193 e. The molecule has 0 aliphatic heterocycles. The molecular weight excluding hydrogens is 400 g/mol. The Morgan fingerprint density at radius 1 is 0.562 bits per heavy atom. The van der Waals surface area contributed by atoms with Gasteiger partial charge >= 0.3 is 0 Å². The number of ketones is 2. The summed E-state index contributed by atoms with van der Waals surface area (Å²) in [4.78, 5) is 24.4. The fourth-order valence-corrected chi connectivity index (χ4v) is 3.17. The van der Waals surface area contributed by atoms with Gasteiger partial charge in [0, 0.05) is 16.7 Å². The minimum Gasteiger partial charge on any atom is -0.457 e. The molecule has 0 saturated heterocycles. The van der Waals surface area contributed by atoms with Crippen LogP contribution >= 0.6 is 0 Å². The molecule has 32 heavy (non-hydrogen) atoms. The molecule has 0 aliphatic carbocycles. The monoisotopic (exact) mass is 422 g/mol. The van der Waals surface area contributed by atoms with Crippen molar-refractivity contribution in [1.82, 2.24) is 0 Å². The molecule has 0 radical (unpaired) electrons. The summed E-state index contributed by atoms with van der Waals surface area (Å²) in [6.45, 7) is 3.54. The molecule has 4 aromatic carbocycles. The van der Waals surface area contributed by atoms with Crippen molar-refractivity contribution in [2.45, 2.75) is 13.8 Å². The zero-order chi connectivity index (χ0) is 22.5. The van der Waals surface area contributed by atoms with Crippen LogP contribution < -0.4 is 9.47 Å². The first-order valence-electron chi connectivity index (χ1n) is 10.3. The van der Waals surface area contributed by atoms with Crippen molar-refractivity contribution in [2.24, 2.45) is 0 Å². The number of hydrogen-bond acceptors (Lipinski definition) is 4. The molecule has 0 saturated carbocycles. The summed E-state index contributed by atoms with van der Waals surface area (Å²) in [5, 5.41) is 0. The maximum Gasteiger partial charge on any atom is 0.193 e. The van der Waals surface area contributed by atoms with Crippen LogP contribution in [0.5, 0.6) is 23.0 Å². The highest BCUT2D eigenvalue weighted by Gasteiger charge is 2.10. The van der Waals surface area contributed by atoms with E-state index in [0.717, 1.165) is 5.75 Å². The third-order valence-electron chi connectivity index (χ3n) is 4.97. The van der Waals surface area contributed by atoms with Crippen molar-refractivity contribution in [3.05, 3.63) is 119 Å². The van der Waals surface area contributed by atoms with E-state index < -0.39 is 0 Å². The number of benzene rings is 4. The predicted molar refractivity (Wildman–Crippen MR) is 124 cm³/mol. The third-order valence-corrected chi connectivity index (χ3v) is 4.97. The number of hydrogen-bond donors (Lipinski definition) is 0. The highest BCUT2D eigenvalue weighted by Crippen LogP contribution is 2.25. The molecule has 0 atom stereocenters. The lowest BCUT2D eigenvalue weighted by atomic mass is 10.0. The van der Waals surface area contributed by atoms with Crippen LogP contribution in [0, 0.1) is 6.92 Å². The first-order valence-corrected chi connectivity index (χ1v) is 10.3. The number of rotatable bonds is 7. The Hall–Kier alpha value is -4.18. The standard InChI is InChI=1S/C28H22O4/c1-19-6-12-24(13-7-19)31-25-14-8-21(9-15-25)28(30)22-10-16-26(17-11-22)32-27-5-3-4-23(18-27)20(2)29/h3-18H,1-2H3. The van der Waals surface area contributed by atoms with Gasteiger partial charge in [-0.05, 0) is 86.6 Å². The summed E-state index contributed by atoms with van der Waals surface area (Å²) in [6.07, 6.45) is 0. The summed E-state index contributed by atoms with van der Waals surface area (Å²) in [7, 11) is 0. The Labute approximate surface area is 187 Å². The molecule has 0 unspecified atom stereocenters. The van der Waals surface area contributed by atoms with Crippen molar-refractivity contribution in [3.63, 3.8) is 0 Å². The summed E-state index contributed by atoms with van der Waals surface area (Å²) in [5.41, 5.74) is 2.88. The summed E-state index contributed by atoms with van der Waals surface area (Å²) in [6, 6.07) is 28.8. The first kappa shape index (κ1) is 21.1. The molecule has 0 N–H and O–H groups in total. The molecule has 0 heterocycles. The molecule has 4 rings (SSSR count). The molecule has 4 heteroatoms. The van der Waals surface area contributed by atoms with E-state index in [9.17, 15) is 9.59 Å². The zero-order valence-corrected chi connectivity index (χ0v) is 17.9. The van der Waals surface area contributed by atoms with Crippen LogP contribution in [0.15, 0.2) is 97.1 Å². The van der Waals surface area contributed by atoms with Crippen molar-refractivity contribution >= 4 is 11.6 Å². The maximum absolute atomic E-state index is 12.8. The Morgan fingerprint density at radius 2 is 1.03 bits per heavy atom. The van der Waals surface area contributed by atoms with Crippen LogP contribution in [0.4, 0.5) is 0 Å². The molecule has 0 amide bonds. The van der Waals surface area contributed by atoms with Gasteiger partial charge in [-0.2, -0.15) is 0 Å². The second-order valence-electron chi connectivity index (χ2n) is 7.48. The van der Waals surface area contributed by atoms with Crippen molar-refractivity contribution < 1.29 is 19.1 Å². The number of carbonyl (C=O) groups is 2. The van der Waals surface area contributed by atoms with Crippen molar-refractivity contribution in [2.75, 3.05) is 0 Å². The lowest BCUT2D eigenvalue weighted by Crippen LogP contribution is -2.01. The van der Waals surface area contributed by atoms with Crippen LogP contribution in [0.1, 0.15) is 38.8 Å². The molecule has 4 aromatic rings. The van der Waals surface area contributed by atoms with Gasteiger partial charge in [-0.25, -0.2) is 0 Å². The molecule has 0 bridgehead atoms. The van der Waals surface area contributed by atoms with Crippen LogP contribution in [-0.4, -0.2) is 11.6 Å². The molecular formula is C28H22O4. The maximum atomic E-state index is 12.8. The van der Waals surface area contributed by atoms with Crippen LogP contribution in [0.2, 0.25) is 0 Å². The normalized spacial score (nSPS) is 10.4. The second kappa shape index (κ2) is 9.31. The van der Waals surface area contributed by atoms with Gasteiger partial charge in [-0.1, -0.05) is 29.8 Å². The quantitative estimate of drug-likeness (QED) is 0.301. The van der Waals surface area contributed by atoms with E-state index in [0.29, 0.717) is 33.9 Å². The third kappa shape index (κ3) is 5.10. The van der Waals surface area contributed by atoms with Crippen LogP contribution in [-0.2, 0) is 0 Å². The average Bonchev–Trinajstić information content (AvgIpc) is 2.81. The highest BCUT2D eigenvalue weighted by molar-refractivity contribution is 6.09. The van der Waals surface area contributed by atoms with Crippen molar-refractivity contribution in [3.8, 4) is 23.0 Å². The fraction of sp³-hybridized carbons (Fsp3) is 0.0714. The summed E-state index contributed by atoms with van der Waals surface area (Å²) >= 11 is 0. The lowest BCUT2D eigenvalue weighted by molar-refractivity contribution is 0.101. The predicted octanol–water partition coefficient (Wildman–Crippen LogP) is 7.01. The van der Waals surface area contributed by atoms with Gasteiger partial charge in [0.25, 0.3) is 0 Å². The zero-order valence-electron chi connectivity index (χ0n) is 17.9. The van der Waals surface area contributed by atoms with Crippen molar-refractivity contribution in [1.29, 1.82) is 0 Å². The average molecular weight is 422 g/mol. The molecule has 0 fully saturated rings. The van der Waals surface area contributed by atoms with E-state index in [1.807, 2.05) is 31.2 Å². The van der Waals surface area contributed by atoms with E-state index in [-0.39, 0.29) is 11.6 Å². The fourth-order valence-electron chi connectivity index (χ4n) is 3.17. The van der Waals surface area contributed by atoms with E-state index in [2.05, 4.69) is 0 Å². The van der Waals surface area contributed by atoms with E-state index >= 15 is 0 Å². The molecule has 0 spiro atoms. The topological polar surface area (TPSA) is 52.6 Å². The van der Waals surface area contributed by atoms with Gasteiger partial charge in [-0.15, -0.1) is 0 Å². The molecule has 4 nitrogen and oxygen atoms in total. The molecule has 158 valence electrons. The lowest BCUT2D eigenvalue weighted by Gasteiger charge is -2.09. The largest absolute Gasteiger partial charge is 0.457 e. The minimum atomic E-state index is -0.0861. The highest BCUT2D eigenvalue weighted by atomic mass is 16.5. The summed E-state index contributed by atoms with van der Waals surface area (Å²) < 4.78 is 11.6. The Kier molecular flexibility index (Phi) is 6.13. The number of carbonyl (C=O) groups excluding carboxylic acids is 2. The minimum absolute atomic E-state index is 0.0216. The van der Waals surface area contributed by atoms with Crippen LogP contribution in [0.25, 0.3) is 0 Å². The molecule has 0 aliphatic rings. The summed E-state index contributed by atoms with van der Waals surface area (Å²) in [5.74, 6) is 2.47. The number of ether oxygens (including phenoxy) is 2. The van der Waals surface area contributed by atoms with Gasteiger partial charge in [0.2, 0.25) is 0 Å². The number of aryl methyl sites for hydroxylation is 1. The second-order valence-corrected chi connectivity index (χ2v) is 7.48. The van der Waals surface area contributed by atoms with Crippen LogP contribution in [0.3, 0.4) is 0 Å². The SMILES string of the molecule is CC(=O)c1cccc(Oc2ccc(C(=O)c3ccc(Oc4ccc(C)cc4)cc3)cc2)c1. The Morgan fingerprint density at radius 3 is 1.53 bits per heavy atom. The Balaban J connectivity index is 1.42. The van der Waals surface area contributed by atoms with Gasteiger partial charge in [0.1, 0.15) is 23.0 Å². The Bertz CT molecular complexity index is 1240. The van der Waals surface area contributed by atoms with E-state index in [4.69, 9.17) is 9.47 Å². The molecule has 0 aromatic heterocycles. The first-order chi connectivity index (χ1) is 15.5.